The number of nitrogens with zero attached hydrogens (tertiary/aromatic N) is 3. The van der Waals surface area contributed by atoms with E-state index in [2.05, 4.69) is 6.07 Å². The zero-order valence-corrected chi connectivity index (χ0v) is 20.1. The third-order valence-electron chi connectivity index (χ3n) is 7.70. The number of rotatable bonds is 5. The summed E-state index contributed by atoms with van der Waals surface area (Å²) in [7, 11) is 1.45. The van der Waals surface area contributed by atoms with E-state index < -0.39 is 18.0 Å². The molecule has 0 aliphatic carbocycles. The molecule has 1 aromatic carbocycles. The van der Waals surface area contributed by atoms with Gasteiger partial charge in [-0.25, -0.2) is 0 Å². The first-order valence-corrected chi connectivity index (χ1v) is 12.1. The van der Waals surface area contributed by atoms with Crippen LogP contribution in [-0.4, -0.2) is 64.2 Å². The molecule has 184 valence electrons. The number of fused-ring (bicyclic) bond motifs is 4. The van der Waals surface area contributed by atoms with E-state index in [1.165, 1.54) is 12.7 Å². The van der Waals surface area contributed by atoms with Gasteiger partial charge in [-0.05, 0) is 36.6 Å². The summed E-state index contributed by atoms with van der Waals surface area (Å²) in [5, 5.41) is 10.5. The Bertz CT molecular complexity index is 1240. The molecule has 0 bridgehead atoms. The number of hydrogen-bond donors (Lipinski definition) is 1. The number of methoxy groups -OCH3 is 1. The monoisotopic (exact) mass is 477 g/mol. The van der Waals surface area contributed by atoms with Crippen LogP contribution in [0.4, 0.5) is 0 Å². The van der Waals surface area contributed by atoms with E-state index in [9.17, 15) is 19.5 Å². The van der Waals surface area contributed by atoms with Crippen molar-refractivity contribution in [1.29, 1.82) is 0 Å². The molecule has 1 N–H and O–H groups in total. The first kappa shape index (κ1) is 23.5. The fourth-order valence-corrected chi connectivity index (χ4v) is 6.14. The Morgan fingerprint density at radius 3 is 2.66 bits per heavy atom. The van der Waals surface area contributed by atoms with Crippen LogP contribution in [0.25, 0.3) is 6.08 Å². The Hall–Kier alpha value is -3.23. The third-order valence-corrected chi connectivity index (χ3v) is 7.70. The van der Waals surface area contributed by atoms with E-state index in [-0.39, 0.29) is 36.5 Å². The Morgan fingerprint density at radius 1 is 1.17 bits per heavy atom. The van der Waals surface area contributed by atoms with Gasteiger partial charge in [0.2, 0.25) is 11.8 Å². The highest BCUT2D eigenvalue weighted by atomic mass is 16.5. The average molecular weight is 478 g/mol. The number of allylic oxidation sites excluding steroid dienone is 1. The molecule has 0 saturated carbocycles. The molecule has 0 radical (unpaired) electrons. The van der Waals surface area contributed by atoms with Crippen molar-refractivity contribution < 1.29 is 19.4 Å². The molecule has 4 heterocycles. The molecule has 8 heteroatoms. The quantitative estimate of drug-likeness (QED) is 0.707. The number of aliphatic hydroxyl groups is 1. The summed E-state index contributed by atoms with van der Waals surface area (Å²) in [6.07, 6.45) is 4.33. The molecule has 8 nitrogen and oxygen atoms in total. The maximum absolute atomic E-state index is 14.0. The summed E-state index contributed by atoms with van der Waals surface area (Å²) >= 11 is 0. The number of amides is 2. The second-order valence-corrected chi connectivity index (χ2v) is 9.54. The number of pyridine rings is 1. The molecule has 3 aliphatic heterocycles. The fourth-order valence-electron chi connectivity index (χ4n) is 6.14. The number of aliphatic hydroxyl groups excluding tert-OH is 1. The summed E-state index contributed by atoms with van der Waals surface area (Å²) < 4.78 is 6.85. The number of aromatic nitrogens is 1. The number of hydrogen-bond acceptors (Lipinski definition) is 5. The molecule has 35 heavy (non-hydrogen) atoms. The smallest absolute Gasteiger partial charge is 0.258 e. The van der Waals surface area contributed by atoms with Gasteiger partial charge in [0.25, 0.3) is 5.56 Å². The number of likely N-dealkylation sites (tertiary alicyclic amines) is 1. The van der Waals surface area contributed by atoms with Gasteiger partial charge in [-0.3, -0.25) is 14.4 Å². The maximum Gasteiger partial charge on any atom is 0.258 e. The topological polar surface area (TPSA) is 92.1 Å². The molecule has 1 fully saturated rings. The van der Waals surface area contributed by atoms with Crippen molar-refractivity contribution in [3.05, 3.63) is 75.2 Å². The van der Waals surface area contributed by atoms with Crippen LogP contribution in [0, 0.1) is 11.8 Å². The van der Waals surface area contributed by atoms with Crippen molar-refractivity contribution in [3.63, 3.8) is 0 Å². The highest BCUT2D eigenvalue weighted by molar-refractivity contribution is 5.90. The van der Waals surface area contributed by atoms with Crippen LogP contribution >= 0.6 is 0 Å². The molecular formula is C27H31N3O5. The summed E-state index contributed by atoms with van der Waals surface area (Å²) in [5.74, 6) is -1.18. The molecule has 1 aromatic heterocycles. The van der Waals surface area contributed by atoms with Crippen molar-refractivity contribution in [1.82, 2.24) is 14.4 Å². The van der Waals surface area contributed by atoms with Gasteiger partial charge in [-0.15, -0.1) is 0 Å². The van der Waals surface area contributed by atoms with E-state index >= 15 is 0 Å². The molecule has 1 saturated heterocycles. The molecule has 2 aromatic rings. The molecule has 4 atom stereocenters. The number of ether oxygens (including phenoxy) is 1. The minimum absolute atomic E-state index is 0.124. The van der Waals surface area contributed by atoms with Gasteiger partial charge < -0.3 is 24.2 Å². The van der Waals surface area contributed by atoms with Crippen LogP contribution in [-0.2, 0) is 33.8 Å². The van der Waals surface area contributed by atoms with Crippen LogP contribution in [0.5, 0.6) is 0 Å². The number of carbonyl (C=O) groups excluding carboxylic acids is 2. The van der Waals surface area contributed by atoms with Crippen molar-refractivity contribution in [2.45, 2.75) is 38.5 Å². The first-order chi connectivity index (χ1) is 17.0. The Labute approximate surface area is 204 Å². The number of benzene rings is 1. The minimum atomic E-state index is -0.804. The lowest BCUT2D eigenvalue weighted by Crippen LogP contribution is -2.53. The normalized spacial score (nSPS) is 25.0. The minimum Gasteiger partial charge on any atom is -0.396 e. The second-order valence-electron chi connectivity index (χ2n) is 9.54. The third kappa shape index (κ3) is 3.81. The maximum atomic E-state index is 14.0. The van der Waals surface area contributed by atoms with Crippen molar-refractivity contribution in [2.24, 2.45) is 11.8 Å². The van der Waals surface area contributed by atoms with Crippen LogP contribution in [0.2, 0.25) is 0 Å². The van der Waals surface area contributed by atoms with E-state index in [1.54, 1.807) is 26.5 Å². The van der Waals surface area contributed by atoms with Crippen molar-refractivity contribution >= 4 is 17.9 Å². The van der Waals surface area contributed by atoms with Gasteiger partial charge in [0.15, 0.2) is 0 Å². The molecular weight excluding hydrogens is 446 g/mol. The fraction of sp³-hybridized carbons (Fsp3) is 0.444. The Balaban J connectivity index is 1.54. The van der Waals surface area contributed by atoms with Crippen molar-refractivity contribution in [2.75, 3.05) is 26.9 Å². The van der Waals surface area contributed by atoms with E-state index in [0.29, 0.717) is 30.9 Å². The summed E-state index contributed by atoms with van der Waals surface area (Å²) in [4.78, 5) is 43.8. The lowest BCUT2D eigenvalue weighted by Gasteiger charge is -2.36. The largest absolute Gasteiger partial charge is 0.396 e. The summed E-state index contributed by atoms with van der Waals surface area (Å²) in [5.41, 5.74) is 3.49. The van der Waals surface area contributed by atoms with E-state index in [0.717, 1.165) is 12.0 Å². The first-order valence-electron chi connectivity index (χ1n) is 12.1. The van der Waals surface area contributed by atoms with Gasteiger partial charge in [0, 0.05) is 56.4 Å². The highest BCUT2D eigenvalue weighted by Gasteiger charge is 2.58. The van der Waals surface area contributed by atoms with Crippen LogP contribution in [0.1, 0.15) is 35.3 Å². The van der Waals surface area contributed by atoms with Crippen LogP contribution in [0.15, 0.2) is 47.3 Å². The zero-order chi connectivity index (χ0) is 24.7. The molecule has 5 rings (SSSR count). The molecule has 0 spiro atoms. The Morgan fingerprint density at radius 2 is 1.94 bits per heavy atom. The average Bonchev–Trinajstić information content (AvgIpc) is 3.40. The zero-order valence-electron chi connectivity index (χ0n) is 20.1. The predicted octanol–water partition coefficient (Wildman–Crippen LogP) is 1.60. The molecule has 2 amide bonds. The predicted molar refractivity (Wildman–Crippen MR) is 130 cm³/mol. The summed E-state index contributed by atoms with van der Waals surface area (Å²) in [6.45, 7) is 2.84. The highest BCUT2D eigenvalue weighted by Crippen LogP contribution is 2.49. The lowest BCUT2D eigenvalue weighted by atomic mass is 9.87. The lowest BCUT2D eigenvalue weighted by molar-refractivity contribution is -0.149. The standard InChI is InChI=1S/C27H31N3O5/c1-3-6-18-9-10-22-24-20(14-29(22)26(18)33)21(15-31)25(30(24)23(32)16-35-2)27(34)28-12-11-17-7-4-5-8-19(17)13-28/h3-10,20-21,24-25,31H,11-16H2,1-2H3/b6-3+/t20-,21-,24+,25-/m1/s1. The Kier molecular flexibility index (Phi) is 6.34. The van der Waals surface area contributed by atoms with E-state index in [4.69, 9.17) is 4.74 Å². The van der Waals surface area contributed by atoms with E-state index in [1.807, 2.05) is 37.3 Å². The van der Waals surface area contributed by atoms with Gasteiger partial charge >= 0.3 is 0 Å². The summed E-state index contributed by atoms with van der Waals surface area (Å²) in [6, 6.07) is 10.4. The SMILES string of the molecule is C/C=C/c1ccc2n(c1=O)C[C@@H]1[C@@H](CO)[C@H](C(=O)N3CCc4ccccc4C3)N(C(=O)COC)[C@H]21. The van der Waals surface area contributed by atoms with Gasteiger partial charge in [0.1, 0.15) is 12.6 Å². The second kappa shape index (κ2) is 9.43. The van der Waals surface area contributed by atoms with Crippen LogP contribution < -0.4 is 5.56 Å². The molecule has 3 aliphatic rings. The van der Waals surface area contributed by atoms with Gasteiger partial charge in [0.05, 0.1) is 6.04 Å². The molecule has 0 unspecified atom stereocenters. The number of carbonyl (C=O) groups is 2. The van der Waals surface area contributed by atoms with Crippen LogP contribution in [0.3, 0.4) is 0 Å². The van der Waals surface area contributed by atoms with Gasteiger partial charge in [-0.1, -0.05) is 36.4 Å². The van der Waals surface area contributed by atoms with Gasteiger partial charge in [-0.2, -0.15) is 0 Å². The van der Waals surface area contributed by atoms with Crippen molar-refractivity contribution in [3.8, 4) is 0 Å².